The van der Waals surface area contributed by atoms with Gasteiger partial charge in [0.2, 0.25) is 11.8 Å². The van der Waals surface area contributed by atoms with E-state index in [2.05, 4.69) is 5.32 Å². The Labute approximate surface area is 112 Å². The van der Waals surface area contributed by atoms with Gasteiger partial charge in [-0.2, -0.15) is 0 Å². The standard InChI is InChI=1S/C14H19N3O2/c1-9(7-13(15)18)16-11-8-14(19)17(2)12-6-4-3-5-10(11)12/h3-6,9,11,16H,7-8H2,1-2H3,(H2,15,18). The van der Waals surface area contributed by atoms with Crippen LogP contribution in [0.25, 0.3) is 0 Å². The molecule has 5 heteroatoms. The average Bonchev–Trinajstić information content (AvgIpc) is 2.34. The number of nitrogens with one attached hydrogen (secondary N) is 1. The zero-order valence-corrected chi connectivity index (χ0v) is 11.2. The highest BCUT2D eigenvalue weighted by molar-refractivity contribution is 5.96. The van der Waals surface area contributed by atoms with Crippen molar-refractivity contribution in [2.24, 2.45) is 5.73 Å². The van der Waals surface area contributed by atoms with Crippen LogP contribution in [0.2, 0.25) is 0 Å². The van der Waals surface area contributed by atoms with E-state index in [0.29, 0.717) is 6.42 Å². The molecule has 0 aromatic heterocycles. The lowest BCUT2D eigenvalue weighted by molar-refractivity contribution is -0.119. The Kier molecular flexibility index (Phi) is 3.85. The topological polar surface area (TPSA) is 75.4 Å². The fourth-order valence-corrected chi connectivity index (χ4v) is 2.50. The Morgan fingerprint density at radius 3 is 2.89 bits per heavy atom. The second kappa shape index (κ2) is 5.40. The van der Waals surface area contributed by atoms with Gasteiger partial charge in [0.05, 0.1) is 0 Å². The summed E-state index contributed by atoms with van der Waals surface area (Å²) in [5.41, 5.74) is 7.19. The molecular weight excluding hydrogens is 242 g/mol. The van der Waals surface area contributed by atoms with Gasteiger partial charge >= 0.3 is 0 Å². The van der Waals surface area contributed by atoms with E-state index in [4.69, 9.17) is 5.73 Å². The van der Waals surface area contributed by atoms with E-state index in [9.17, 15) is 9.59 Å². The van der Waals surface area contributed by atoms with E-state index in [0.717, 1.165) is 11.3 Å². The van der Waals surface area contributed by atoms with Gasteiger partial charge in [0.15, 0.2) is 0 Å². The molecule has 3 N–H and O–H groups in total. The minimum Gasteiger partial charge on any atom is -0.370 e. The summed E-state index contributed by atoms with van der Waals surface area (Å²) in [5, 5.41) is 3.31. The summed E-state index contributed by atoms with van der Waals surface area (Å²) in [5.74, 6) is -0.269. The SMILES string of the molecule is CC(CC(N)=O)NC1CC(=O)N(C)c2ccccc21. The Balaban J connectivity index is 2.20. The van der Waals surface area contributed by atoms with Crippen molar-refractivity contribution >= 4 is 17.5 Å². The largest absolute Gasteiger partial charge is 0.370 e. The van der Waals surface area contributed by atoms with Gasteiger partial charge in [-0.25, -0.2) is 0 Å². The third kappa shape index (κ3) is 2.93. The van der Waals surface area contributed by atoms with Crippen LogP contribution in [0.1, 0.15) is 31.4 Å². The number of rotatable bonds is 4. The summed E-state index contributed by atoms with van der Waals surface area (Å²) in [4.78, 5) is 24.6. The number of nitrogens with two attached hydrogens (primary N) is 1. The fraction of sp³-hybridized carbons (Fsp3) is 0.429. The minimum absolute atomic E-state index is 0.0493. The summed E-state index contributed by atoms with van der Waals surface area (Å²) >= 11 is 0. The fourth-order valence-electron chi connectivity index (χ4n) is 2.50. The van der Waals surface area contributed by atoms with Crippen LogP contribution in [-0.4, -0.2) is 24.9 Å². The second-order valence-electron chi connectivity index (χ2n) is 5.01. The lowest BCUT2D eigenvalue weighted by Gasteiger charge is -2.33. The third-order valence-electron chi connectivity index (χ3n) is 3.42. The lowest BCUT2D eigenvalue weighted by atomic mass is 9.95. The molecular formula is C14H19N3O2. The maximum absolute atomic E-state index is 12.0. The van der Waals surface area contributed by atoms with Gasteiger partial charge in [-0.1, -0.05) is 18.2 Å². The number of hydrogen-bond donors (Lipinski definition) is 2. The van der Waals surface area contributed by atoms with Crippen LogP contribution in [-0.2, 0) is 9.59 Å². The van der Waals surface area contributed by atoms with Crippen molar-refractivity contribution in [3.63, 3.8) is 0 Å². The number of para-hydroxylation sites is 1. The number of anilines is 1. The first kappa shape index (κ1) is 13.5. The number of amides is 2. The number of benzene rings is 1. The molecule has 2 unspecified atom stereocenters. The molecule has 0 saturated carbocycles. The smallest absolute Gasteiger partial charge is 0.228 e. The van der Waals surface area contributed by atoms with E-state index in [1.165, 1.54) is 0 Å². The summed E-state index contributed by atoms with van der Waals surface area (Å²) in [6.07, 6.45) is 0.666. The van der Waals surface area contributed by atoms with Gasteiger partial charge in [0.1, 0.15) is 0 Å². The van der Waals surface area contributed by atoms with Gasteiger partial charge in [0.25, 0.3) is 0 Å². The summed E-state index contributed by atoms with van der Waals surface area (Å²) in [6, 6.07) is 7.70. The first-order valence-electron chi connectivity index (χ1n) is 6.39. The molecule has 0 bridgehead atoms. The first-order valence-corrected chi connectivity index (χ1v) is 6.39. The van der Waals surface area contributed by atoms with Crippen LogP contribution < -0.4 is 16.0 Å². The molecule has 2 atom stereocenters. The quantitative estimate of drug-likeness (QED) is 0.847. The molecule has 0 aliphatic carbocycles. The molecule has 1 aliphatic rings. The molecule has 102 valence electrons. The van der Waals surface area contributed by atoms with Crippen molar-refractivity contribution in [2.75, 3.05) is 11.9 Å². The highest BCUT2D eigenvalue weighted by Gasteiger charge is 2.29. The van der Waals surface area contributed by atoms with Crippen LogP contribution in [0.5, 0.6) is 0 Å². The van der Waals surface area contributed by atoms with Crippen LogP contribution >= 0.6 is 0 Å². The Hall–Kier alpha value is -1.88. The number of primary amides is 1. The molecule has 0 radical (unpaired) electrons. The normalized spacial score (nSPS) is 20.0. The van der Waals surface area contributed by atoms with Gasteiger partial charge in [-0.3, -0.25) is 9.59 Å². The van der Waals surface area contributed by atoms with Gasteiger partial charge in [0, 0.05) is 37.7 Å². The highest BCUT2D eigenvalue weighted by Crippen LogP contribution is 2.33. The van der Waals surface area contributed by atoms with Crippen molar-refractivity contribution in [1.29, 1.82) is 0 Å². The van der Waals surface area contributed by atoms with Crippen LogP contribution in [0.15, 0.2) is 24.3 Å². The van der Waals surface area contributed by atoms with Crippen LogP contribution in [0.4, 0.5) is 5.69 Å². The van der Waals surface area contributed by atoms with Crippen LogP contribution in [0, 0.1) is 0 Å². The molecule has 2 amide bonds. The van der Waals surface area contributed by atoms with Gasteiger partial charge in [-0.05, 0) is 18.6 Å². The molecule has 1 aliphatic heterocycles. The Bertz CT molecular complexity index is 501. The predicted octanol–water partition coefficient (Wildman–Crippen LogP) is 0.948. The lowest BCUT2D eigenvalue weighted by Crippen LogP contribution is -2.41. The van der Waals surface area contributed by atoms with Gasteiger partial charge in [-0.15, -0.1) is 0 Å². The Morgan fingerprint density at radius 2 is 2.21 bits per heavy atom. The molecule has 0 spiro atoms. The number of nitrogens with zero attached hydrogens (tertiary/aromatic N) is 1. The summed E-state index contributed by atoms with van der Waals surface area (Å²) in [7, 11) is 1.78. The summed E-state index contributed by atoms with van der Waals surface area (Å²) in [6.45, 7) is 1.90. The maximum Gasteiger partial charge on any atom is 0.228 e. The third-order valence-corrected chi connectivity index (χ3v) is 3.42. The zero-order valence-electron chi connectivity index (χ0n) is 11.2. The second-order valence-corrected chi connectivity index (χ2v) is 5.01. The van der Waals surface area contributed by atoms with E-state index < -0.39 is 0 Å². The maximum atomic E-state index is 12.0. The minimum atomic E-state index is -0.340. The van der Waals surface area contributed by atoms with Crippen molar-refractivity contribution in [1.82, 2.24) is 5.32 Å². The molecule has 1 aromatic rings. The Morgan fingerprint density at radius 1 is 1.53 bits per heavy atom. The summed E-state index contributed by atoms with van der Waals surface area (Å²) < 4.78 is 0. The average molecular weight is 261 g/mol. The van der Waals surface area contributed by atoms with Crippen molar-refractivity contribution in [2.45, 2.75) is 31.8 Å². The molecule has 0 saturated heterocycles. The first-order chi connectivity index (χ1) is 8.99. The van der Waals surface area contributed by atoms with E-state index in [1.807, 2.05) is 31.2 Å². The van der Waals surface area contributed by atoms with Crippen molar-refractivity contribution < 1.29 is 9.59 Å². The van der Waals surface area contributed by atoms with E-state index >= 15 is 0 Å². The van der Waals surface area contributed by atoms with Crippen molar-refractivity contribution in [3.05, 3.63) is 29.8 Å². The molecule has 5 nitrogen and oxygen atoms in total. The van der Waals surface area contributed by atoms with Crippen LogP contribution in [0.3, 0.4) is 0 Å². The number of carbonyl (C=O) groups is 2. The number of hydrogen-bond acceptors (Lipinski definition) is 3. The number of fused-ring (bicyclic) bond motifs is 1. The predicted molar refractivity (Wildman–Crippen MR) is 73.6 cm³/mol. The molecule has 19 heavy (non-hydrogen) atoms. The molecule has 0 fully saturated rings. The highest BCUT2D eigenvalue weighted by atomic mass is 16.2. The molecule has 2 rings (SSSR count). The molecule has 1 aromatic carbocycles. The van der Waals surface area contributed by atoms with Gasteiger partial charge < -0.3 is 16.0 Å². The van der Waals surface area contributed by atoms with Crippen molar-refractivity contribution in [3.8, 4) is 0 Å². The monoisotopic (exact) mass is 261 g/mol. The zero-order chi connectivity index (χ0) is 14.0. The molecule has 1 heterocycles. The number of carbonyl (C=O) groups excluding carboxylic acids is 2. The van der Waals surface area contributed by atoms with E-state index in [-0.39, 0.29) is 30.3 Å². The van der Waals surface area contributed by atoms with E-state index in [1.54, 1.807) is 11.9 Å².